The quantitative estimate of drug-likeness (QED) is 0.531. The molecule has 2 aromatic carbocycles. The van der Waals surface area contributed by atoms with Crippen molar-refractivity contribution in [3.63, 3.8) is 0 Å². The van der Waals surface area contributed by atoms with Crippen molar-refractivity contribution in [2.45, 2.75) is 52.0 Å². The van der Waals surface area contributed by atoms with E-state index >= 15 is 0 Å². The van der Waals surface area contributed by atoms with Gasteiger partial charge in [0.2, 0.25) is 0 Å². The number of ether oxygens (including phenoxy) is 1. The van der Waals surface area contributed by atoms with Gasteiger partial charge in [-0.2, -0.15) is 0 Å². The second-order valence-electron chi connectivity index (χ2n) is 8.10. The molecule has 0 bridgehead atoms. The summed E-state index contributed by atoms with van der Waals surface area (Å²) in [4.78, 5) is 19.9. The number of thiazole rings is 1. The number of amides is 1. The molecule has 4 nitrogen and oxygen atoms in total. The first-order valence-electron chi connectivity index (χ1n) is 10.4. The average molecular weight is 409 g/mol. The Morgan fingerprint density at radius 1 is 1.24 bits per heavy atom. The van der Waals surface area contributed by atoms with Crippen LogP contribution in [0.4, 0.5) is 0 Å². The lowest BCUT2D eigenvalue weighted by Gasteiger charge is -2.34. The van der Waals surface area contributed by atoms with Gasteiger partial charge >= 0.3 is 0 Å². The number of likely N-dealkylation sites (tertiary alicyclic amines) is 1. The second-order valence-corrected chi connectivity index (χ2v) is 9.17. The van der Waals surface area contributed by atoms with Gasteiger partial charge in [-0.1, -0.05) is 38.1 Å². The number of aromatic nitrogens is 1. The minimum Gasteiger partial charge on any atom is -0.483 e. The van der Waals surface area contributed by atoms with E-state index in [0.717, 1.165) is 53.2 Å². The number of para-hydroxylation sites is 1. The van der Waals surface area contributed by atoms with Crippen LogP contribution in [-0.4, -0.2) is 28.9 Å². The topological polar surface area (TPSA) is 42.4 Å². The van der Waals surface area contributed by atoms with Gasteiger partial charge in [-0.25, -0.2) is 4.98 Å². The zero-order valence-corrected chi connectivity index (χ0v) is 18.2. The fourth-order valence-electron chi connectivity index (χ4n) is 3.99. The molecule has 5 heteroatoms. The van der Waals surface area contributed by atoms with Crippen LogP contribution in [0.5, 0.6) is 5.75 Å². The van der Waals surface area contributed by atoms with Gasteiger partial charge in [0.15, 0.2) is 6.61 Å². The highest BCUT2D eigenvalue weighted by Crippen LogP contribution is 2.36. The number of fused-ring (bicyclic) bond motifs is 1. The van der Waals surface area contributed by atoms with E-state index in [2.05, 4.69) is 32.0 Å². The number of benzene rings is 2. The summed E-state index contributed by atoms with van der Waals surface area (Å²) < 4.78 is 7.21. The largest absolute Gasteiger partial charge is 0.483 e. The smallest absolute Gasteiger partial charge is 0.261 e. The number of rotatable bonds is 5. The van der Waals surface area contributed by atoms with Gasteiger partial charge in [0, 0.05) is 6.54 Å². The molecule has 1 saturated heterocycles. The zero-order chi connectivity index (χ0) is 20.4. The highest BCUT2D eigenvalue weighted by atomic mass is 32.1. The molecule has 1 aliphatic rings. The fourth-order valence-corrected chi connectivity index (χ4v) is 5.10. The van der Waals surface area contributed by atoms with Crippen LogP contribution in [-0.2, 0) is 4.79 Å². The van der Waals surface area contributed by atoms with Crippen molar-refractivity contribution >= 4 is 27.5 Å². The lowest BCUT2D eigenvalue weighted by Crippen LogP contribution is -2.41. The Morgan fingerprint density at radius 3 is 2.86 bits per heavy atom. The van der Waals surface area contributed by atoms with Crippen LogP contribution in [0.1, 0.15) is 61.2 Å². The summed E-state index contributed by atoms with van der Waals surface area (Å²) in [6.45, 7) is 7.19. The highest BCUT2D eigenvalue weighted by Gasteiger charge is 2.30. The van der Waals surface area contributed by atoms with E-state index in [0.29, 0.717) is 5.92 Å². The summed E-state index contributed by atoms with van der Waals surface area (Å²) in [7, 11) is 0. The predicted molar refractivity (Wildman–Crippen MR) is 119 cm³/mol. The maximum atomic E-state index is 13.1. The van der Waals surface area contributed by atoms with Crippen LogP contribution >= 0.6 is 11.3 Å². The van der Waals surface area contributed by atoms with Crippen molar-refractivity contribution in [1.82, 2.24) is 9.88 Å². The molecular weight excluding hydrogens is 380 g/mol. The van der Waals surface area contributed by atoms with E-state index in [9.17, 15) is 4.79 Å². The monoisotopic (exact) mass is 408 g/mol. The molecule has 3 aromatic rings. The summed E-state index contributed by atoms with van der Waals surface area (Å²) in [6.07, 6.45) is 3.13. The SMILES string of the molecule is Cc1ccc(C(C)C)c(OCC(=O)N2CCCCC2c2nc3ccccc3s2)c1. The van der Waals surface area contributed by atoms with Crippen molar-refractivity contribution in [2.24, 2.45) is 0 Å². The Morgan fingerprint density at radius 2 is 2.07 bits per heavy atom. The van der Waals surface area contributed by atoms with E-state index < -0.39 is 0 Å². The number of carbonyl (C=O) groups is 1. The molecule has 4 rings (SSSR count). The molecule has 1 amide bonds. The van der Waals surface area contributed by atoms with E-state index in [4.69, 9.17) is 9.72 Å². The van der Waals surface area contributed by atoms with Crippen molar-refractivity contribution in [1.29, 1.82) is 0 Å². The minimum atomic E-state index is 0.0465. The van der Waals surface area contributed by atoms with Crippen LogP contribution in [0, 0.1) is 6.92 Å². The van der Waals surface area contributed by atoms with Crippen molar-refractivity contribution < 1.29 is 9.53 Å². The molecule has 0 aliphatic carbocycles. The maximum absolute atomic E-state index is 13.1. The Kier molecular flexibility index (Phi) is 5.86. The van der Waals surface area contributed by atoms with Gasteiger partial charge in [-0.3, -0.25) is 4.79 Å². The first-order valence-corrected chi connectivity index (χ1v) is 11.2. The van der Waals surface area contributed by atoms with Gasteiger partial charge < -0.3 is 9.64 Å². The zero-order valence-electron chi connectivity index (χ0n) is 17.4. The molecule has 1 aromatic heterocycles. The molecule has 1 atom stereocenters. The van der Waals surface area contributed by atoms with Crippen molar-refractivity contribution in [3.8, 4) is 5.75 Å². The van der Waals surface area contributed by atoms with Crippen LogP contribution in [0.3, 0.4) is 0 Å². The lowest BCUT2D eigenvalue weighted by atomic mass is 10.0. The molecule has 0 N–H and O–H groups in total. The number of carbonyl (C=O) groups excluding carboxylic acids is 1. The third-order valence-corrected chi connectivity index (χ3v) is 6.70. The van der Waals surface area contributed by atoms with Gasteiger partial charge in [0.25, 0.3) is 5.91 Å². The molecule has 0 saturated carbocycles. The highest BCUT2D eigenvalue weighted by molar-refractivity contribution is 7.18. The molecule has 152 valence electrons. The summed E-state index contributed by atoms with van der Waals surface area (Å²) in [6, 6.07) is 14.5. The van der Waals surface area contributed by atoms with Gasteiger partial charge in [0.1, 0.15) is 10.8 Å². The summed E-state index contributed by atoms with van der Waals surface area (Å²) in [5.74, 6) is 1.22. The number of nitrogens with zero attached hydrogens (tertiary/aromatic N) is 2. The first-order chi connectivity index (χ1) is 14.0. The Bertz CT molecular complexity index is 978. The Hall–Kier alpha value is -2.40. The van der Waals surface area contributed by atoms with E-state index in [1.165, 1.54) is 4.70 Å². The standard InChI is InChI=1S/C24H28N2O2S/c1-16(2)18-12-11-17(3)14-21(18)28-15-23(27)26-13-7-6-9-20(26)24-25-19-8-4-5-10-22(19)29-24/h4-5,8,10-12,14,16,20H,6-7,9,13,15H2,1-3H3. The summed E-state index contributed by atoms with van der Waals surface area (Å²) in [5.41, 5.74) is 3.30. The molecule has 1 aliphatic heterocycles. The summed E-state index contributed by atoms with van der Waals surface area (Å²) >= 11 is 1.70. The third-order valence-electron chi connectivity index (χ3n) is 5.56. The fraction of sp³-hybridized carbons (Fsp3) is 0.417. The van der Waals surface area contributed by atoms with Crippen LogP contribution < -0.4 is 4.74 Å². The van der Waals surface area contributed by atoms with Crippen LogP contribution in [0.2, 0.25) is 0 Å². The molecule has 2 heterocycles. The number of hydrogen-bond donors (Lipinski definition) is 0. The summed E-state index contributed by atoms with van der Waals surface area (Å²) in [5, 5.41) is 1.04. The molecule has 29 heavy (non-hydrogen) atoms. The molecule has 0 spiro atoms. The molecule has 0 radical (unpaired) electrons. The van der Waals surface area contributed by atoms with Crippen LogP contribution in [0.15, 0.2) is 42.5 Å². The minimum absolute atomic E-state index is 0.0465. The number of hydrogen-bond acceptors (Lipinski definition) is 4. The average Bonchev–Trinajstić information content (AvgIpc) is 3.16. The molecular formula is C24H28N2O2S. The van der Waals surface area contributed by atoms with Gasteiger partial charge in [-0.05, 0) is 61.4 Å². The third kappa shape index (κ3) is 4.30. The molecule has 1 unspecified atom stereocenters. The van der Waals surface area contributed by atoms with E-state index in [-0.39, 0.29) is 18.6 Å². The predicted octanol–water partition coefficient (Wildman–Crippen LogP) is 5.86. The maximum Gasteiger partial charge on any atom is 0.261 e. The van der Waals surface area contributed by atoms with Crippen molar-refractivity contribution in [3.05, 3.63) is 58.6 Å². The van der Waals surface area contributed by atoms with Gasteiger partial charge in [-0.15, -0.1) is 11.3 Å². The number of piperidine rings is 1. The second kappa shape index (κ2) is 8.54. The van der Waals surface area contributed by atoms with E-state index in [1.54, 1.807) is 11.3 Å². The first kappa shape index (κ1) is 19.9. The Labute approximate surface area is 176 Å². The normalized spacial score (nSPS) is 17.1. The van der Waals surface area contributed by atoms with Crippen LogP contribution in [0.25, 0.3) is 10.2 Å². The van der Waals surface area contributed by atoms with Gasteiger partial charge in [0.05, 0.1) is 16.3 Å². The lowest BCUT2D eigenvalue weighted by molar-refractivity contribution is -0.137. The Balaban J connectivity index is 1.52. The van der Waals surface area contributed by atoms with Crippen molar-refractivity contribution in [2.75, 3.05) is 13.2 Å². The van der Waals surface area contributed by atoms with E-state index in [1.807, 2.05) is 36.1 Å². The number of aryl methyl sites for hydroxylation is 1. The molecule has 1 fully saturated rings.